The van der Waals surface area contributed by atoms with Gasteiger partial charge in [0.15, 0.2) is 18.7 Å². The maximum Gasteiger partial charge on any atom is 0.359 e. The minimum atomic E-state index is -1.73. The number of cyclic esters (lactones) is 1. The van der Waals surface area contributed by atoms with Crippen LogP contribution in [0.2, 0.25) is 0 Å². The maximum atomic E-state index is 13.6. The number of rotatable bonds is 14. The van der Waals surface area contributed by atoms with E-state index in [0.717, 1.165) is 0 Å². The molecule has 3 aromatic carbocycles. The lowest BCUT2D eigenvalue weighted by Gasteiger charge is -2.35. The van der Waals surface area contributed by atoms with Crippen molar-refractivity contribution in [2.45, 2.75) is 46.4 Å². The molecule has 0 amide bonds. The largest absolute Gasteiger partial charge is 0.544 e. The average Bonchev–Trinajstić information content (AvgIpc) is 3.28. The second kappa shape index (κ2) is 13.7. The number of phenols is 2. The fourth-order valence-corrected chi connectivity index (χ4v) is 6.58. The molecule has 0 radical (unpaired) electrons. The van der Waals surface area contributed by atoms with Crippen LogP contribution in [0, 0.1) is 27.7 Å². The topological polar surface area (TPSA) is 230 Å². The maximum absolute atomic E-state index is 13.6. The summed E-state index contributed by atoms with van der Waals surface area (Å²) in [6.07, 6.45) is 0. The van der Waals surface area contributed by atoms with E-state index >= 15 is 0 Å². The number of aryl methyl sites for hydroxylation is 2. The summed E-state index contributed by atoms with van der Waals surface area (Å²) >= 11 is 0. The van der Waals surface area contributed by atoms with Gasteiger partial charge in [-0.05, 0) is 68.1 Å². The number of carboxylic acids is 4. The van der Waals surface area contributed by atoms with Crippen molar-refractivity contribution >= 4 is 29.8 Å². The molecule has 254 valence electrons. The Kier molecular flexibility index (Phi) is 10.1. The predicted octanol–water partition coefficient (Wildman–Crippen LogP) is -2.77. The molecule has 0 saturated carbocycles. The molecule has 14 nitrogen and oxygen atoms in total. The first-order valence-electron chi connectivity index (χ1n) is 15.0. The third-order valence-electron chi connectivity index (χ3n) is 8.73. The average molecular weight is 665 g/mol. The second-order valence-electron chi connectivity index (χ2n) is 12.1. The minimum absolute atomic E-state index is 0.0590. The van der Waals surface area contributed by atoms with Crippen LogP contribution in [0.4, 0.5) is 0 Å². The quantitative estimate of drug-likeness (QED) is 0.0963. The third-order valence-corrected chi connectivity index (χ3v) is 8.73. The van der Waals surface area contributed by atoms with Crippen molar-refractivity contribution in [3.63, 3.8) is 0 Å². The van der Waals surface area contributed by atoms with E-state index in [0.29, 0.717) is 38.9 Å². The first-order chi connectivity index (χ1) is 22.5. The monoisotopic (exact) mass is 664 g/mol. The highest BCUT2D eigenvalue weighted by atomic mass is 16.6. The van der Waals surface area contributed by atoms with Crippen LogP contribution in [0.15, 0.2) is 36.4 Å². The minimum Gasteiger partial charge on any atom is -0.544 e. The Morgan fingerprint density at radius 3 is 1.52 bits per heavy atom. The fourth-order valence-electron chi connectivity index (χ4n) is 6.58. The van der Waals surface area contributed by atoms with Crippen LogP contribution < -0.4 is 20.0 Å². The molecule has 0 bridgehead atoms. The number of aromatic hydroxyl groups is 2. The molecule has 2 unspecified atom stereocenters. The lowest BCUT2D eigenvalue weighted by molar-refractivity contribution is -0.900. The Labute approximate surface area is 275 Å². The van der Waals surface area contributed by atoms with Gasteiger partial charge in [-0.3, -0.25) is 0 Å². The summed E-state index contributed by atoms with van der Waals surface area (Å²) in [6, 6.07) is 9.82. The Balaban J connectivity index is 2.05. The summed E-state index contributed by atoms with van der Waals surface area (Å²) in [6.45, 7) is 3.40. The normalized spacial score (nSPS) is 16.5. The van der Waals surface area contributed by atoms with Crippen molar-refractivity contribution < 1.29 is 69.1 Å². The van der Waals surface area contributed by atoms with Crippen LogP contribution in [0.5, 0.6) is 11.5 Å². The predicted molar refractivity (Wildman–Crippen MR) is 161 cm³/mol. The fraction of sp³-hybridized carbons (Fsp3) is 0.324. The molecule has 0 fully saturated rings. The van der Waals surface area contributed by atoms with Crippen molar-refractivity contribution in [2.75, 3.05) is 26.2 Å². The van der Waals surface area contributed by atoms with E-state index in [9.17, 15) is 54.6 Å². The van der Waals surface area contributed by atoms with Gasteiger partial charge in [0.05, 0.1) is 28.6 Å². The van der Waals surface area contributed by atoms with Gasteiger partial charge in [-0.25, -0.2) is 14.4 Å². The number of carbonyl (C=O) groups excluding carboxylic acids is 3. The molecule has 0 spiro atoms. The van der Waals surface area contributed by atoms with E-state index in [-0.39, 0.29) is 51.1 Å². The van der Waals surface area contributed by atoms with E-state index < -0.39 is 61.6 Å². The summed E-state index contributed by atoms with van der Waals surface area (Å²) < 4.78 is 6.31. The van der Waals surface area contributed by atoms with Crippen molar-refractivity contribution in [3.05, 3.63) is 92.0 Å². The number of aliphatic carboxylic acids is 4. The van der Waals surface area contributed by atoms with Crippen LogP contribution in [0.3, 0.4) is 0 Å². The van der Waals surface area contributed by atoms with Crippen LogP contribution in [-0.2, 0) is 42.6 Å². The molecule has 2 atom stereocenters. The van der Waals surface area contributed by atoms with Crippen molar-refractivity contribution in [1.82, 2.24) is 0 Å². The van der Waals surface area contributed by atoms with Gasteiger partial charge in [-0.2, -0.15) is 0 Å². The van der Waals surface area contributed by atoms with E-state index in [2.05, 4.69) is 0 Å². The standard InChI is InChI=1S/C34H36N2O12/c1-17-9-25(19(3)22(31(17)45)11-35(13-27(37)38)14-28(39)40)34(24-8-6-5-7-21(24)33(47)48-34)26-10-18(2)32(46)23(20(26)4)12-36(15-29(41)42)16-30(43)44/h5-10,45-46H,11-16H2,1-4H3,(H,37,38)(H,39,40)(H,41,42)(H,43,44). The van der Waals surface area contributed by atoms with Gasteiger partial charge in [-0.1, -0.05) is 18.2 Å². The van der Waals surface area contributed by atoms with Crippen molar-refractivity contribution in [3.8, 4) is 11.5 Å². The highest BCUT2D eigenvalue weighted by Gasteiger charge is 2.51. The highest BCUT2D eigenvalue weighted by molar-refractivity contribution is 5.96. The summed E-state index contributed by atoms with van der Waals surface area (Å²) in [5.41, 5.74) is 1.39. The number of nitrogens with one attached hydrogen (secondary N) is 2. The van der Waals surface area contributed by atoms with Gasteiger partial charge in [0.1, 0.15) is 37.7 Å². The van der Waals surface area contributed by atoms with E-state index in [1.165, 1.54) is 0 Å². The molecule has 6 N–H and O–H groups in total. The number of ether oxygens (including phenoxy) is 1. The lowest BCUT2D eigenvalue weighted by atomic mass is 9.74. The van der Waals surface area contributed by atoms with Gasteiger partial charge >= 0.3 is 17.9 Å². The number of carbonyl (C=O) groups is 5. The molecule has 0 aromatic heterocycles. The van der Waals surface area contributed by atoms with E-state index in [1.54, 1.807) is 64.1 Å². The molecule has 1 aliphatic heterocycles. The number of benzene rings is 3. The molecule has 14 heteroatoms. The highest BCUT2D eigenvalue weighted by Crippen LogP contribution is 2.51. The molecule has 1 heterocycles. The van der Waals surface area contributed by atoms with Gasteiger partial charge < -0.3 is 54.8 Å². The number of hydrogen-bond donors (Lipinski definition) is 6. The zero-order chi connectivity index (χ0) is 35.7. The van der Waals surface area contributed by atoms with Crippen molar-refractivity contribution in [2.24, 2.45) is 0 Å². The number of fused-ring (bicyclic) bond motifs is 1. The number of esters is 1. The number of hydrogen-bond acceptors (Lipinski definition) is 10. The Hall–Kier alpha value is -5.47. The summed E-state index contributed by atoms with van der Waals surface area (Å²) in [5, 5.41) is 64.3. The first kappa shape index (κ1) is 35.4. The second-order valence-corrected chi connectivity index (χ2v) is 12.1. The van der Waals surface area contributed by atoms with Gasteiger partial charge in [0, 0.05) is 16.7 Å². The number of carboxylic acid groups (broad SMARTS) is 4. The Morgan fingerprint density at radius 1 is 0.708 bits per heavy atom. The molecular weight excluding hydrogens is 628 g/mol. The smallest absolute Gasteiger partial charge is 0.359 e. The molecule has 0 aliphatic carbocycles. The van der Waals surface area contributed by atoms with Gasteiger partial charge in [0.2, 0.25) is 0 Å². The summed E-state index contributed by atoms with van der Waals surface area (Å²) in [4.78, 5) is 59.8. The third kappa shape index (κ3) is 6.80. The van der Waals surface area contributed by atoms with Crippen LogP contribution >= 0.6 is 0 Å². The zero-order valence-electron chi connectivity index (χ0n) is 26.8. The van der Waals surface area contributed by atoms with Gasteiger partial charge in [0.25, 0.3) is 0 Å². The molecule has 4 rings (SSSR count). The van der Waals surface area contributed by atoms with Crippen LogP contribution in [-0.4, -0.2) is 76.5 Å². The molecule has 0 saturated heterocycles. The Morgan fingerprint density at radius 2 is 1.12 bits per heavy atom. The first-order valence-corrected chi connectivity index (χ1v) is 15.0. The summed E-state index contributed by atoms with van der Waals surface area (Å²) in [5.74, 6) is -6.63. The molecule has 48 heavy (non-hydrogen) atoms. The summed E-state index contributed by atoms with van der Waals surface area (Å²) in [7, 11) is 0. The molecular formula is C34H36N2O12. The molecule has 3 aromatic rings. The van der Waals surface area contributed by atoms with Crippen molar-refractivity contribution in [1.29, 1.82) is 0 Å². The van der Waals surface area contributed by atoms with Gasteiger partial charge in [-0.15, -0.1) is 0 Å². The zero-order valence-corrected chi connectivity index (χ0v) is 26.8. The van der Waals surface area contributed by atoms with Crippen LogP contribution in [0.1, 0.15) is 60.4 Å². The number of quaternary nitrogens is 2. The SMILES string of the molecule is Cc1cc(C2(c3cc(C)c(O)c(C[NH+](CC(=O)[O-])CC(=O)O)c3C)OC(=O)c3ccccc32)c(C)c(C[NH+](CC(=O)[O-])CC(=O)O)c1O. The Bertz CT molecular complexity index is 1700. The number of phenolic OH excluding ortho intramolecular Hbond substituents is 2. The van der Waals surface area contributed by atoms with E-state index in [1.807, 2.05) is 0 Å². The van der Waals surface area contributed by atoms with Crippen LogP contribution in [0.25, 0.3) is 0 Å². The molecule has 1 aliphatic rings. The van der Waals surface area contributed by atoms with E-state index in [4.69, 9.17) is 4.74 Å². The lowest BCUT2D eigenvalue weighted by Crippen LogP contribution is -3.13.